The summed E-state index contributed by atoms with van der Waals surface area (Å²) in [5.41, 5.74) is 0. The molecule has 0 aliphatic carbocycles. The minimum absolute atomic E-state index is 0.579. The van der Waals surface area contributed by atoms with E-state index < -0.39 is 17.0 Å². The molecule has 0 aromatic carbocycles. The molecule has 0 radical (unpaired) electrons. The van der Waals surface area contributed by atoms with Crippen LogP contribution in [-0.2, 0) is 8.78 Å². The van der Waals surface area contributed by atoms with E-state index >= 15 is 0 Å². The molecule has 0 rings (SSSR count). The highest BCUT2D eigenvalue weighted by Crippen LogP contribution is 2.09. The third-order valence-electron chi connectivity index (χ3n) is 0.348. The van der Waals surface area contributed by atoms with Crippen molar-refractivity contribution in [3.63, 3.8) is 0 Å². The molecule has 1 atom stereocenters. The third-order valence-corrected chi connectivity index (χ3v) is 3.13. The highest BCUT2D eigenvalue weighted by atomic mass is 31.1. The second-order valence-corrected chi connectivity index (χ2v) is 7.51. The Kier molecular flexibility index (Phi) is 2.65. The Bertz CT molecular complexity index is 67.8. The largest absolute Gasteiger partial charge is 0.482 e. The van der Waals surface area contributed by atoms with E-state index in [9.17, 15) is 4.57 Å². The first-order chi connectivity index (χ1) is 3.06. The Morgan fingerprint density at radius 2 is 1.86 bits per heavy atom. The summed E-state index contributed by atoms with van der Waals surface area (Å²) < 4.78 is 14.6. The highest BCUT2D eigenvalue weighted by Gasteiger charge is 2.19. The molecule has 0 aromatic heterocycles. The van der Waals surface area contributed by atoms with E-state index in [0.717, 1.165) is 0 Å². The van der Waals surface area contributed by atoms with E-state index in [1.54, 1.807) is 0 Å². The van der Waals surface area contributed by atoms with E-state index in [0.29, 0.717) is 0 Å². The van der Waals surface area contributed by atoms with Gasteiger partial charge in [-0.2, -0.15) is 0 Å². The van der Waals surface area contributed by atoms with Crippen LogP contribution in [0.15, 0.2) is 0 Å². The van der Waals surface area contributed by atoms with Gasteiger partial charge in [0.05, 0.1) is 0 Å². The third kappa shape index (κ3) is 6.28. The molecule has 2 nitrogen and oxygen atoms in total. The lowest BCUT2D eigenvalue weighted by molar-refractivity contribution is 0.525. The SMILES string of the molecule is C[Si](C)(C)O[PH+]=O. The van der Waals surface area contributed by atoms with Crippen molar-refractivity contribution >= 4 is 17.0 Å². The maximum atomic E-state index is 9.79. The van der Waals surface area contributed by atoms with Crippen LogP contribution in [-0.4, -0.2) is 8.32 Å². The normalized spacial score (nSPS) is 12.4. The number of rotatable bonds is 2. The van der Waals surface area contributed by atoms with Crippen LogP contribution in [0.1, 0.15) is 0 Å². The fourth-order valence-corrected chi connectivity index (χ4v) is 1.13. The van der Waals surface area contributed by atoms with Gasteiger partial charge in [0.25, 0.3) is 8.32 Å². The topological polar surface area (TPSA) is 26.3 Å². The lowest BCUT2D eigenvalue weighted by Crippen LogP contribution is -2.19. The predicted molar refractivity (Wildman–Crippen MR) is 33.4 cm³/mol. The van der Waals surface area contributed by atoms with Gasteiger partial charge in [0.15, 0.2) is 0 Å². The summed E-state index contributed by atoms with van der Waals surface area (Å²) in [5, 5.41) is 0. The number of hydrogen-bond acceptors (Lipinski definition) is 2. The summed E-state index contributed by atoms with van der Waals surface area (Å²) in [4.78, 5) is 0. The second kappa shape index (κ2) is 2.55. The Hall–Kier alpha value is 0.277. The van der Waals surface area contributed by atoms with Crippen LogP contribution in [0.4, 0.5) is 0 Å². The van der Waals surface area contributed by atoms with Crippen LogP contribution in [0.5, 0.6) is 0 Å². The van der Waals surface area contributed by atoms with Crippen molar-refractivity contribution in [3.05, 3.63) is 0 Å². The quantitative estimate of drug-likeness (QED) is 0.428. The summed E-state index contributed by atoms with van der Waals surface area (Å²) in [6, 6.07) is 0. The molecule has 0 N–H and O–H groups in total. The summed E-state index contributed by atoms with van der Waals surface area (Å²) in [7, 11) is -2.04. The van der Waals surface area contributed by atoms with Gasteiger partial charge in [-0.05, 0) is 24.2 Å². The smallest absolute Gasteiger partial charge is 0.204 e. The van der Waals surface area contributed by atoms with E-state index in [2.05, 4.69) is 0 Å². The summed E-state index contributed by atoms with van der Waals surface area (Å²) >= 11 is 0. The zero-order valence-electron chi connectivity index (χ0n) is 4.82. The fraction of sp³-hybridized carbons (Fsp3) is 1.00. The van der Waals surface area contributed by atoms with E-state index in [1.165, 1.54) is 0 Å². The maximum absolute atomic E-state index is 9.79. The lowest BCUT2D eigenvalue weighted by atomic mass is 11.8. The van der Waals surface area contributed by atoms with Crippen molar-refractivity contribution in [3.8, 4) is 0 Å². The molecule has 42 valence electrons. The maximum Gasteiger partial charge on any atom is 0.482 e. The van der Waals surface area contributed by atoms with Crippen molar-refractivity contribution in [2.45, 2.75) is 19.6 Å². The van der Waals surface area contributed by atoms with Gasteiger partial charge in [-0.1, -0.05) is 0 Å². The lowest BCUT2D eigenvalue weighted by Gasteiger charge is -2.01. The van der Waals surface area contributed by atoms with Crippen LogP contribution in [0.2, 0.25) is 19.6 Å². The predicted octanol–water partition coefficient (Wildman–Crippen LogP) is 1.78. The van der Waals surface area contributed by atoms with Crippen LogP contribution < -0.4 is 0 Å². The molecule has 4 heteroatoms. The summed E-state index contributed by atoms with van der Waals surface area (Å²) in [5.74, 6) is 0. The molecule has 0 aliphatic heterocycles. The minimum Gasteiger partial charge on any atom is -0.204 e. The zero-order chi connectivity index (χ0) is 5.91. The summed E-state index contributed by atoms with van der Waals surface area (Å²) in [6.45, 7) is 5.99. The molecule has 0 saturated heterocycles. The van der Waals surface area contributed by atoms with E-state index in [-0.39, 0.29) is 0 Å². The molecular formula is C3H10O2PSi+. The monoisotopic (exact) mass is 137 g/mol. The molecule has 0 aromatic rings. The molecule has 0 saturated carbocycles. The van der Waals surface area contributed by atoms with Crippen molar-refractivity contribution < 1.29 is 8.78 Å². The first kappa shape index (κ1) is 7.28. The van der Waals surface area contributed by atoms with Crippen molar-refractivity contribution in [2.24, 2.45) is 0 Å². The highest BCUT2D eigenvalue weighted by molar-refractivity contribution is 7.20. The van der Waals surface area contributed by atoms with Crippen molar-refractivity contribution in [1.82, 2.24) is 0 Å². The molecule has 0 bridgehead atoms. The Balaban J connectivity index is 3.34. The Morgan fingerprint density at radius 1 is 1.43 bits per heavy atom. The molecule has 0 heterocycles. The average Bonchev–Trinajstić information content (AvgIpc) is 1.30. The molecule has 0 amide bonds. The van der Waals surface area contributed by atoms with Gasteiger partial charge in [-0.15, -0.1) is 0 Å². The van der Waals surface area contributed by atoms with Crippen molar-refractivity contribution in [2.75, 3.05) is 0 Å². The van der Waals surface area contributed by atoms with Gasteiger partial charge in [0.1, 0.15) is 0 Å². The molecule has 0 aliphatic rings. The van der Waals surface area contributed by atoms with Gasteiger partial charge in [0.2, 0.25) is 0 Å². The fourth-order valence-electron chi connectivity index (χ4n) is 0.125. The van der Waals surface area contributed by atoms with Gasteiger partial charge in [-0.3, -0.25) is 0 Å². The molecule has 0 fully saturated rings. The molecular weight excluding hydrogens is 127 g/mol. The Labute approximate surface area is 46.3 Å². The van der Waals surface area contributed by atoms with Crippen LogP contribution in [0.3, 0.4) is 0 Å². The van der Waals surface area contributed by atoms with Crippen LogP contribution in [0.25, 0.3) is 0 Å². The minimum atomic E-state index is -1.46. The standard InChI is InChI=1S/C3H10O2PSi/c1-7(2,3)5-6-4/h6H,1-3H3/q+1. The average molecular weight is 137 g/mol. The zero-order valence-corrected chi connectivity index (χ0v) is 6.82. The first-order valence-corrected chi connectivity index (χ1v) is 6.34. The van der Waals surface area contributed by atoms with Gasteiger partial charge < -0.3 is 0 Å². The van der Waals surface area contributed by atoms with Gasteiger partial charge in [-0.25, -0.2) is 4.21 Å². The molecule has 1 unspecified atom stereocenters. The van der Waals surface area contributed by atoms with E-state index in [1.807, 2.05) is 19.6 Å². The Morgan fingerprint density at radius 3 is 1.86 bits per heavy atom. The van der Waals surface area contributed by atoms with Gasteiger partial charge in [0, 0.05) is 0 Å². The summed E-state index contributed by atoms with van der Waals surface area (Å²) in [6.07, 6.45) is 0. The van der Waals surface area contributed by atoms with Crippen LogP contribution in [0, 0.1) is 0 Å². The second-order valence-electron chi connectivity index (χ2n) is 2.30. The van der Waals surface area contributed by atoms with E-state index in [4.69, 9.17) is 4.21 Å². The first-order valence-electron chi connectivity index (χ1n) is 2.11. The van der Waals surface area contributed by atoms with Gasteiger partial charge >= 0.3 is 8.69 Å². The van der Waals surface area contributed by atoms with Crippen LogP contribution >= 0.6 is 8.69 Å². The molecule has 0 spiro atoms. The molecule has 7 heavy (non-hydrogen) atoms. The van der Waals surface area contributed by atoms with Crippen molar-refractivity contribution in [1.29, 1.82) is 0 Å². The number of hydrogen-bond donors (Lipinski definition) is 0.